The molecule has 1 heterocycles. The Morgan fingerprint density at radius 1 is 1.33 bits per heavy atom. The van der Waals surface area contributed by atoms with Crippen LogP contribution in [0, 0.1) is 0 Å². The van der Waals surface area contributed by atoms with E-state index < -0.39 is 0 Å². The van der Waals surface area contributed by atoms with Crippen LogP contribution in [0.2, 0.25) is 0 Å². The van der Waals surface area contributed by atoms with Gasteiger partial charge in [0.15, 0.2) is 0 Å². The van der Waals surface area contributed by atoms with Crippen LogP contribution in [0.3, 0.4) is 0 Å². The van der Waals surface area contributed by atoms with Gasteiger partial charge in [-0.15, -0.1) is 0 Å². The maximum absolute atomic E-state index is 4.49. The molecule has 0 spiro atoms. The Bertz CT molecular complexity index is 392. The molecule has 0 saturated heterocycles. The van der Waals surface area contributed by atoms with E-state index in [-0.39, 0.29) is 15.0 Å². The second-order valence-electron chi connectivity index (χ2n) is 3.08. The van der Waals surface area contributed by atoms with Crippen molar-refractivity contribution in [3.05, 3.63) is 24.3 Å². The molecule has 62 valence electrons. The van der Waals surface area contributed by atoms with Crippen molar-refractivity contribution in [2.24, 2.45) is 0 Å². The average Bonchev–Trinajstić information content (AvgIpc) is 2.47. The molecule has 0 atom stereocenters. The van der Waals surface area contributed by atoms with Crippen molar-refractivity contribution in [3.8, 4) is 0 Å². The van der Waals surface area contributed by atoms with Crippen LogP contribution in [0.1, 0.15) is 19.9 Å². The molecule has 0 unspecified atom stereocenters. The molecule has 0 saturated carbocycles. The van der Waals surface area contributed by atoms with Crippen LogP contribution in [-0.2, 0) is 0 Å². The Morgan fingerprint density at radius 2 is 2.08 bits per heavy atom. The Hall–Kier alpha value is -0.661. The van der Waals surface area contributed by atoms with Crippen LogP contribution >= 0.6 is 0 Å². The molecule has 2 aromatic rings. The van der Waals surface area contributed by atoms with Crippen LogP contribution in [-0.4, -0.2) is 18.9 Å². The van der Waals surface area contributed by atoms with Crippen molar-refractivity contribution >= 4 is 26.0 Å². The van der Waals surface area contributed by atoms with Gasteiger partial charge in [-0.05, 0) is 0 Å². The second kappa shape index (κ2) is 3.00. The van der Waals surface area contributed by atoms with Crippen LogP contribution in [0.5, 0.6) is 0 Å². The van der Waals surface area contributed by atoms with Gasteiger partial charge < -0.3 is 0 Å². The first-order chi connectivity index (χ1) is 5.79. The summed E-state index contributed by atoms with van der Waals surface area (Å²) < 4.78 is 6.85. The van der Waals surface area contributed by atoms with Gasteiger partial charge in [-0.3, -0.25) is 0 Å². The summed E-state index contributed by atoms with van der Waals surface area (Å²) in [6.45, 7) is 4.42. The monoisotopic (exact) mass is 227 g/mol. The van der Waals surface area contributed by atoms with Gasteiger partial charge in [-0.1, -0.05) is 0 Å². The van der Waals surface area contributed by atoms with Crippen molar-refractivity contribution in [3.63, 3.8) is 0 Å². The molecule has 0 bridgehead atoms. The zero-order chi connectivity index (χ0) is 8.55. The molecule has 0 aliphatic carbocycles. The van der Waals surface area contributed by atoms with E-state index in [1.807, 2.05) is 6.07 Å². The van der Waals surface area contributed by atoms with E-state index in [0.29, 0.717) is 6.04 Å². The fourth-order valence-corrected chi connectivity index (χ4v) is 2.83. The zero-order valence-corrected chi connectivity index (χ0v) is 8.90. The Morgan fingerprint density at radius 3 is 2.83 bits per heavy atom. The molecule has 0 N–H and O–H groups in total. The van der Waals surface area contributed by atoms with E-state index in [1.54, 1.807) is 0 Å². The number of rotatable bonds is 1. The summed E-state index contributed by atoms with van der Waals surface area (Å²) in [7, 11) is 0. The molecule has 0 fully saturated rings. The van der Waals surface area contributed by atoms with Crippen LogP contribution < -0.4 is 3.56 Å². The zero-order valence-electron chi connectivity index (χ0n) is 7.19. The molecule has 0 radical (unpaired) electrons. The maximum atomic E-state index is 4.49. The first-order valence-electron chi connectivity index (χ1n) is 4.05. The van der Waals surface area contributed by atoms with Gasteiger partial charge >= 0.3 is 77.7 Å². The minimum absolute atomic E-state index is 0.276. The van der Waals surface area contributed by atoms with E-state index in [1.165, 1.54) is 5.52 Å². The number of para-hydroxylation sites is 1. The van der Waals surface area contributed by atoms with Gasteiger partial charge in [-0.25, -0.2) is 0 Å². The molecule has 2 rings (SSSR count). The minimum atomic E-state index is 0.276. The summed E-state index contributed by atoms with van der Waals surface area (Å²) in [6.07, 6.45) is 0. The third kappa shape index (κ3) is 1.19. The first kappa shape index (κ1) is 7.96. The van der Waals surface area contributed by atoms with Crippen LogP contribution in [0.15, 0.2) is 24.3 Å². The van der Waals surface area contributed by atoms with Gasteiger partial charge in [0.25, 0.3) is 0 Å². The van der Waals surface area contributed by atoms with E-state index >= 15 is 0 Å². The quantitative estimate of drug-likeness (QED) is 0.667. The van der Waals surface area contributed by atoms with Crippen molar-refractivity contribution in [1.82, 2.24) is 3.98 Å². The van der Waals surface area contributed by atoms with Gasteiger partial charge in [-0.2, -0.15) is 0 Å². The number of hydrogen-bond donors (Lipinski definition) is 0. The molecule has 2 nitrogen and oxygen atoms in total. The molecule has 12 heavy (non-hydrogen) atoms. The molecule has 3 heteroatoms. The molecular formula is C9H11N2Se+. The van der Waals surface area contributed by atoms with Crippen LogP contribution in [0.25, 0.3) is 11.0 Å². The summed E-state index contributed by atoms with van der Waals surface area (Å²) in [5.74, 6) is 0. The SMILES string of the molecule is CC(C)[n+]1[se]nc2ccccc21. The topological polar surface area (TPSA) is 16.8 Å². The summed E-state index contributed by atoms with van der Waals surface area (Å²) in [4.78, 5) is 0. The van der Waals surface area contributed by atoms with Crippen molar-refractivity contribution < 1.29 is 3.56 Å². The normalized spacial score (nSPS) is 11.2. The summed E-state index contributed by atoms with van der Waals surface area (Å²) in [6, 6.07) is 8.91. The molecule has 1 aromatic carbocycles. The fraction of sp³-hybridized carbons (Fsp3) is 0.333. The standard InChI is InChI=1S/C9H11N2Se/c1-7(2)11-9-6-4-3-5-8(9)10-12-11/h3-7H,1-2H3/q+1. The third-order valence-corrected chi connectivity index (χ3v) is 4.07. The van der Waals surface area contributed by atoms with Crippen molar-refractivity contribution in [1.29, 1.82) is 0 Å². The molecule has 0 aliphatic rings. The average molecular weight is 226 g/mol. The predicted molar refractivity (Wildman–Crippen MR) is 49.3 cm³/mol. The molecule has 0 amide bonds. The van der Waals surface area contributed by atoms with Crippen molar-refractivity contribution in [2.75, 3.05) is 0 Å². The third-order valence-electron chi connectivity index (χ3n) is 1.82. The Labute approximate surface area is 78.1 Å². The van der Waals surface area contributed by atoms with Gasteiger partial charge in [0.05, 0.1) is 0 Å². The summed E-state index contributed by atoms with van der Waals surface area (Å²) in [5.41, 5.74) is 2.46. The van der Waals surface area contributed by atoms with Crippen molar-refractivity contribution in [2.45, 2.75) is 19.9 Å². The Balaban J connectivity index is 2.70. The fourth-order valence-electron chi connectivity index (χ4n) is 1.23. The number of hydrogen-bond acceptors (Lipinski definition) is 1. The van der Waals surface area contributed by atoms with E-state index in [2.05, 4.69) is 39.6 Å². The summed E-state index contributed by atoms with van der Waals surface area (Å²) >= 11 is 0.276. The molecule has 1 aromatic heterocycles. The molecular weight excluding hydrogens is 215 g/mol. The van der Waals surface area contributed by atoms with Gasteiger partial charge in [0.2, 0.25) is 0 Å². The number of nitrogens with zero attached hydrogens (tertiary/aromatic N) is 2. The van der Waals surface area contributed by atoms with E-state index in [9.17, 15) is 0 Å². The molecule has 0 aliphatic heterocycles. The number of fused-ring (bicyclic) bond motifs is 1. The van der Waals surface area contributed by atoms with Gasteiger partial charge in [0, 0.05) is 0 Å². The number of aromatic nitrogens is 2. The first-order valence-corrected chi connectivity index (χ1v) is 5.58. The summed E-state index contributed by atoms with van der Waals surface area (Å²) in [5, 5.41) is 0. The second-order valence-corrected chi connectivity index (χ2v) is 4.63. The van der Waals surface area contributed by atoms with E-state index in [4.69, 9.17) is 0 Å². The number of benzene rings is 1. The Kier molecular flexibility index (Phi) is 1.99. The van der Waals surface area contributed by atoms with Crippen LogP contribution in [0.4, 0.5) is 0 Å². The predicted octanol–water partition coefficient (Wildman–Crippen LogP) is 1.16. The van der Waals surface area contributed by atoms with Gasteiger partial charge in [0.1, 0.15) is 0 Å². The van der Waals surface area contributed by atoms with E-state index in [0.717, 1.165) is 5.52 Å².